The monoisotopic (exact) mass is 531 g/mol. The molecule has 0 aliphatic heterocycles. The van der Waals surface area contributed by atoms with Crippen molar-refractivity contribution in [1.82, 2.24) is 14.7 Å². The van der Waals surface area contributed by atoms with E-state index >= 15 is 0 Å². The molecule has 0 saturated carbocycles. The van der Waals surface area contributed by atoms with E-state index in [0.29, 0.717) is 5.82 Å². The van der Waals surface area contributed by atoms with Gasteiger partial charge in [-0.25, -0.2) is 4.68 Å². The molecule has 1 heterocycles. The number of halogens is 1. The van der Waals surface area contributed by atoms with Gasteiger partial charge < -0.3 is 10.2 Å². The Balaban J connectivity index is 1.66. The summed E-state index contributed by atoms with van der Waals surface area (Å²) in [4.78, 5) is 38.3. The van der Waals surface area contributed by atoms with Crippen LogP contribution in [0, 0.1) is 24.0 Å². The number of rotatable bonds is 8. The molecule has 1 N–H and O–H groups in total. The minimum Gasteiger partial charge on any atom is -0.330 e. The standard InChI is InChI=1S/C28H26ClN5O4/c1-4-32(28(36)22-15-14-21(34(37)38)16-23(22)29)17-25(35)30-27-26(20-11-6-5-7-12-20)19(3)31-33(27)24-13-9-8-10-18(24)2/h5-16H,4,17H2,1-3H3,(H,30,35). The summed E-state index contributed by atoms with van der Waals surface area (Å²) in [6.45, 7) is 5.55. The van der Waals surface area contributed by atoms with Crippen LogP contribution in [0.15, 0.2) is 72.8 Å². The van der Waals surface area contributed by atoms with Gasteiger partial charge in [-0.1, -0.05) is 60.1 Å². The fraction of sp³-hybridized carbons (Fsp3) is 0.179. The van der Waals surface area contributed by atoms with Crippen molar-refractivity contribution in [3.63, 3.8) is 0 Å². The van der Waals surface area contributed by atoms with Crippen molar-refractivity contribution < 1.29 is 14.5 Å². The van der Waals surface area contributed by atoms with Gasteiger partial charge in [0.1, 0.15) is 12.4 Å². The highest BCUT2D eigenvalue weighted by molar-refractivity contribution is 6.34. The number of nitrogens with zero attached hydrogens (tertiary/aromatic N) is 4. The molecule has 0 atom stereocenters. The second-order valence-corrected chi connectivity index (χ2v) is 9.07. The van der Waals surface area contributed by atoms with E-state index in [1.807, 2.05) is 68.4 Å². The zero-order valence-electron chi connectivity index (χ0n) is 21.1. The molecule has 38 heavy (non-hydrogen) atoms. The average Bonchev–Trinajstić information content (AvgIpc) is 3.22. The number of carbonyl (C=O) groups is 2. The number of aromatic nitrogens is 2. The van der Waals surface area contributed by atoms with Crippen LogP contribution in [0.5, 0.6) is 0 Å². The summed E-state index contributed by atoms with van der Waals surface area (Å²) in [5.41, 5.74) is 4.04. The van der Waals surface area contributed by atoms with Crippen LogP contribution >= 0.6 is 11.6 Å². The fourth-order valence-electron chi connectivity index (χ4n) is 4.20. The molecule has 0 aliphatic rings. The molecule has 0 aliphatic carbocycles. The Bertz CT molecular complexity index is 1520. The van der Waals surface area contributed by atoms with Crippen molar-refractivity contribution in [1.29, 1.82) is 0 Å². The number of non-ortho nitro benzene ring substituents is 1. The Labute approximate surface area is 224 Å². The smallest absolute Gasteiger partial charge is 0.270 e. The van der Waals surface area contributed by atoms with Gasteiger partial charge >= 0.3 is 0 Å². The van der Waals surface area contributed by atoms with Crippen molar-refractivity contribution in [2.75, 3.05) is 18.4 Å². The number of nitrogens with one attached hydrogen (secondary N) is 1. The van der Waals surface area contributed by atoms with Crippen LogP contribution in [0.25, 0.3) is 16.8 Å². The molecule has 0 bridgehead atoms. The number of anilines is 1. The average molecular weight is 532 g/mol. The van der Waals surface area contributed by atoms with Crippen LogP contribution in [0.4, 0.5) is 11.5 Å². The third-order valence-corrected chi connectivity index (χ3v) is 6.43. The number of nitro groups is 1. The highest BCUT2D eigenvalue weighted by Crippen LogP contribution is 2.34. The molecule has 0 spiro atoms. The lowest BCUT2D eigenvalue weighted by Crippen LogP contribution is -2.38. The van der Waals surface area contributed by atoms with E-state index in [1.54, 1.807) is 11.6 Å². The van der Waals surface area contributed by atoms with Crippen LogP contribution in [-0.2, 0) is 4.79 Å². The van der Waals surface area contributed by atoms with Gasteiger partial charge in [0.15, 0.2) is 0 Å². The van der Waals surface area contributed by atoms with E-state index in [9.17, 15) is 19.7 Å². The molecule has 3 aromatic carbocycles. The predicted molar refractivity (Wildman–Crippen MR) is 147 cm³/mol. The van der Waals surface area contributed by atoms with E-state index in [0.717, 1.165) is 34.1 Å². The number of likely N-dealkylation sites (N-methyl/N-ethyl adjacent to an activating group) is 1. The van der Waals surface area contributed by atoms with Gasteiger partial charge in [0.2, 0.25) is 5.91 Å². The zero-order chi connectivity index (χ0) is 27.4. The number of hydrogen-bond acceptors (Lipinski definition) is 5. The zero-order valence-corrected chi connectivity index (χ0v) is 21.9. The Kier molecular flexibility index (Phi) is 7.87. The van der Waals surface area contributed by atoms with E-state index in [-0.39, 0.29) is 29.4 Å². The number of benzene rings is 3. The molecule has 0 saturated heterocycles. The summed E-state index contributed by atoms with van der Waals surface area (Å²) < 4.78 is 1.70. The fourth-order valence-corrected chi connectivity index (χ4v) is 4.46. The number of amides is 2. The molecule has 4 rings (SSSR count). The summed E-state index contributed by atoms with van der Waals surface area (Å²) in [6.07, 6.45) is 0. The van der Waals surface area contributed by atoms with Gasteiger partial charge in [-0.15, -0.1) is 0 Å². The van der Waals surface area contributed by atoms with Crippen LogP contribution in [0.3, 0.4) is 0 Å². The normalized spacial score (nSPS) is 10.7. The first-order valence-corrected chi connectivity index (χ1v) is 12.3. The summed E-state index contributed by atoms with van der Waals surface area (Å²) in [7, 11) is 0. The summed E-state index contributed by atoms with van der Waals surface area (Å²) in [5.74, 6) is -0.440. The molecule has 2 amide bonds. The molecule has 0 fully saturated rings. The third-order valence-electron chi connectivity index (χ3n) is 6.12. The number of hydrogen-bond donors (Lipinski definition) is 1. The van der Waals surface area contributed by atoms with E-state index < -0.39 is 16.7 Å². The number of aryl methyl sites for hydroxylation is 2. The van der Waals surface area contributed by atoms with Crippen LogP contribution in [0.2, 0.25) is 5.02 Å². The largest absolute Gasteiger partial charge is 0.330 e. The van der Waals surface area contributed by atoms with Crippen LogP contribution < -0.4 is 5.32 Å². The van der Waals surface area contributed by atoms with Crippen molar-refractivity contribution >= 4 is 34.9 Å². The first-order valence-electron chi connectivity index (χ1n) is 11.9. The molecular formula is C28H26ClN5O4. The van der Waals surface area contributed by atoms with Crippen LogP contribution in [0.1, 0.15) is 28.5 Å². The first kappa shape index (κ1) is 26.6. The first-order chi connectivity index (χ1) is 18.2. The lowest BCUT2D eigenvalue weighted by molar-refractivity contribution is -0.384. The number of para-hydroxylation sites is 1. The quantitative estimate of drug-likeness (QED) is 0.227. The predicted octanol–water partition coefficient (Wildman–Crippen LogP) is 5.82. The third kappa shape index (κ3) is 5.42. The van der Waals surface area contributed by atoms with E-state index in [1.165, 1.54) is 17.0 Å². The maximum absolute atomic E-state index is 13.3. The molecule has 4 aromatic rings. The van der Waals surface area contributed by atoms with Gasteiger partial charge in [-0.05, 0) is 44.0 Å². The Hall–Kier alpha value is -4.50. The van der Waals surface area contributed by atoms with Gasteiger partial charge in [-0.3, -0.25) is 19.7 Å². The molecule has 194 valence electrons. The Morgan fingerprint density at radius 3 is 2.37 bits per heavy atom. The molecule has 0 radical (unpaired) electrons. The summed E-state index contributed by atoms with van der Waals surface area (Å²) in [6, 6.07) is 21.0. The van der Waals surface area contributed by atoms with Crippen molar-refractivity contribution in [3.05, 3.63) is 105 Å². The van der Waals surface area contributed by atoms with Crippen molar-refractivity contribution in [3.8, 4) is 16.8 Å². The van der Waals surface area contributed by atoms with Gasteiger partial charge in [-0.2, -0.15) is 5.10 Å². The highest BCUT2D eigenvalue weighted by Gasteiger charge is 2.25. The summed E-state index contributed by atoms with van der Waals surface area (Å²) in [5, 5.41) is 18.7. The molecule has 0 unspecified atom stereocenters. The van der Waals surface area contributed by atoms with Crippen molar-refractivity contribution in [2.45, 2.75) is 20.8 Å². The molecule has 1 aromatic heterocycles. The maximum Gasteiger partial charge on any atom is 0.270 e. The van der Waals surface area contributed by atoms with E-state index in [4.69, 9.17) is 16.7 Å². The van der Waals surface area contributed by atoms with E-state index in [2.05, 4.69) is 5.32 Å². The summed E-state index contributed by atoms with van der Waals surface area (Å²) >= 11 is 6.17. The lowest BCUT2D eigenvalue weighted by atomic mass is 10.1. The second-order valence-electron chi connectivity index (χ2n) is 8.66. The number of nitro benzene ring substituents is 1. The molecule has 9 nitrogen and oxygen atoms in total. The number of carbonyl (C=O) groups excluding carboxylic acids is 2. The minimum atomic E-state index is -0.588. The SMILES string of the molecule is CCN(CC(=O)Nc1c(-c2ccccc2)c(C)nn1-c1ccccc1C)C(=O)c1ccc([N+](=O)[O-])cc1Cl. The van der Waals surface area contributed by atoms with Crippen molar-refractivity contribution in [2.24, 2.45) is 0 Å². The van der Waals surface area contributed by atoms with Crippen LogP contribution in [-0.4, -0.2) is 44.5 Å². The second kappa shape index (κ2) is 11.3. The Morgan fingerprint density at radius 2 is 1.74 bits per heavy atom. The maximum atomic E-state index is 13.3. The molecule has 10 heteroatoms. The van der Waals surface area contributed by atoms with Gasteiger partial charge in [0.25, 0.3) is 11.6 Å². The minimum absolute atomic E-state index is 0.0531. The highest BCUT2D eigenvalue weighted by atomic mass is 35.5. The van der Waals surface area contributed by atoms with Gasteiger partial charge in [0, 0.05) is 24.2 Å². The Morgan fingerprint density at radius 1 is 1.05 bits per heavy atom. The lowest BCUT2D eigenvalue weighted by Gasteiger charge is -2.21. The molecular weight excluding hydrogens is 506 g/mol. The van der Waals surface area contributed by atoms with Gasteiger partial charge in [0.05, 0.1) is 26.9 Å². The topological polar surface area (TPSA) is 110 Å².